The molecule has 0 bridgehead atoms. The molecule has 0 aliphatic heterocycles. The third-order valence-corrected chi connectivity index (χ3v) is 3.44. The molecule has 1 aromatic carbocycles. The highest BCUT2D eigenvalue weighted by atomic mass is 32.1. The molecule has 0 saturated carbocycles. The minimum absolute atomic E-state index is 0.0369. The highest BCUT2D eigenvalue weighted by molar-refractivity contribution is 7.20. The summed E-state index contributed by atoms with van der Waals surface area (Å²) < 4.78 is 1.16. The summed E-state index contributed by atoms with van der Waals surface area (Å²) in [6.07, 6.45) is 0. The van der Waals surface area contributed by atoms with E-state index in [1.807, 2.05) is 30.3 Å². The second-order valence-corrected chi connectivity index (χ2v) is 5.34. The number of hydrogen-bond donors (Lipinski definition) is 1. The maximum Gasteiger partial charge on any atom is 0.261 e. The van der Waals surface area contributed by atoms with Crippen molar-refractivity contribution >= 4 is 27.3 Å². The summed E-state index contributed by atoms with van der Waals surface area (Å²) in [5, 5.41) is 4.07. The molecule has 0 fully saturated rings. The normalized spacial score (nSPS) is 10.9. The number of carbonyl (C=O) groups is 1. The molecule has 0 aliphatic carbocycles. The molecule has 0 radical (unpaired) electrons. The molecular formula is C13H15NOS. The van der Waals surface area contributed by atoms with Gasteiger partial charge in [0.05, 0.1) is 4.88 Å². The minimum atomic E-state index is 0.0369. The summed E-state index contributed by atoms with van der Waals surface area (Å²) in [5.41, 5.74) is 0. The van der Waals surface area contributed by atoms with Crippen molar-refractivity contribution < 1.29 is 4.79 Å². The zero-order valence-electron chi connectivity index (χ0n) is 9.49. The molecule has 1 aromatic heterocycles. The van der Waals surface area contributed by atoms with E-state index in [0.29, 0.717) is 5.92 Å². The van der Waals surface area contributed by atoms with Gasteiger partial charge in [-0.05, 0) is 23.4 Å². The third kappa shape index (κ3) is 2.42. The standard InChI is InChI=1S/C13H15NOS/c1-9(2)8-14-13(15)12-7-10-5-3-4-6-11(10)16-12/h3-7,9H,8H2,1-2H3,(H,14,15). The predicted octanol–water partition coefficient (Wildman–Crippen LogP) is 3.29. The first-order valence-electron chi connectivity index (χ1n) is 5.43. The summed E-state index contributed by atoms with van der Waals surface area (Å²) in [7, 11) is 0. The molecular weight excluding hydrogens is 218 g/mol. The number of rotatable bonds is 3. The van der Waals surface area contributed by atoms with Crippen LogP contribution in [0.25, 0.3) is 10.1 Å². The predicted molar refractivity (Wildman–Crippen MR) is 69.0 cm³/mol. The molecule has 1 amide bonds. The van der Waals surface area contributed by atoms with Gasteiger partial charge in [-0.2, -0.15) is 0 Å². The average molecular weight is 233 g/mol. The number of nitrogens with one attached hydrogen (secondary N) is 1. The Bertz CT molecular complexity index is 468. The second-order valence-electron chi connectivity index (χ2n) is 4.25. The molecule has 3 heteroatoms. The van der Waals surface area contributed by atoms with E-state index in [9.17, 15) is 4.79 Å². The largest absolute Gasteiger partial charge is 0.351 e. The molecule has 16 heavy (non-hydrogen) atoms. The van der Waals surface area contributed by atoms with Crippen molar-refractivity contribution in [2.75, 3.05) is 6.54 Å². The number of benzene rings is 1. The average Bonchev–Trinajstić information content (AvgIpc) is 2.69. The van der Waals surface area contributed by atoms with Crippen molar-refractivity contribution in [3.8, 4) is 0 Å². The summed E-state index contributed by atoms with van der Waals surface area (Å²) >= 11 is 1.55. The van der Waals surface area contributed by atoms with Crippen molar-refractivity contribution in [3.63, 3.8) is 0 Å². The summed E-state index contributed by atoms with van der Waals surface area (Å²) in [6.45, 7) is 4.91. The van der Waals surface area contributed by atoms with Gasteiger partial charge in [0.2, 0.25) is 0 Å². The van der Waals surface area contributed by atoms with E-state index in [2.05, 4.69) is 19.2 Å². The van der Waals surface area contributed by atoms with Crippen LogP contribution >= 0.6 is 11.3 Å². The van der Waals surface area contributed by atoms with Gasteiger partial charge in [0, 0.05) is 11.2 Å². The third-order valence-electron chi connectivity index (χ3n) is 2.32. The SMILES string of the molecule is CC(C)CNC(=O)c1cc2ccccc2s1. The lowest BCUT2D eigenvalue weighted by Crippen LogP contribution is -2.26. The number of carbonyl (C=O) groups excluding carboxylic acids is 1. The van der Waals surface area contributed by atoms with Crippen LogP contribution in [0, 0.1) is 5.92 Å². The molecule has 2 aromatic rings. The van der Waals surface area contributed by atoms with E-state index in [-0.39, 0.29) is 5.91 Å². The lowest BCUT2D eigenvalue weighted by Gasteiger charge is -2.05. The first-order chi connectivity index (χ1) is 7.66. The molecule has 0 atom stereocenters. The molecule has 2 nitrogen and oxygen atoms in total. The molecule has 1 heterocycles. The van der Waals surface area contributed by atoms with Crippen LogP contribution in [0.5, 0.6) is 0 Å². The van der Waals surface area contributed by atoms with Crippen LogP contribution in [-0.4, -0.2) is 12.5 Å². The van der Waals surface area contributed by atoms with Gasteiger partial charge in [-0.3, -0.25) is 4.79 Å². The van der Waals surface area contributed by atoms with Crippen molar-refractivity contribution in [2.45, 2.75) is 13.8 Å². The minimum Gasteiger partial charge on any atom is -0.351 e. The fourth-order valence-electron chi connectivity index (χ4n) is 1.48. The van der Waals surface area contributed by atoms with Crippen LogP contribution in [0.3, 0.4) is 0 Å². The lowest BCUT2D eigenvalue weighted by molar-refractivity contribution is 0.0953. The Morgan fingerprint density at radius 2 is 2.12 bits per heavy atom. The summed E-state index contributed by atoms with van der Waals surface area (Å²) in [6, 6.07) is 10.0. The van der Waals surface area contributed by atoms with E-state index in [0.717, 1.165) is 21.5 Å². The van der Waals surface area contributed by atoms with Crippen molar-refractivity contribution in [1.82, 2.24) is 5.32 Å². The Kier molecular flexibility index (Phi) is 3.25. The molecule has 0 saturated heterocycles. The van der Waals surface area contributed by atoms with Gasteiger partial charge in [-0.25, -0.2) is 0 Å². The number of hydrogen-bond acceptors (Lipinski definition) is 2. The Morgan fingerprint density at radius 1 is 1.38 bits per heavy atom. The molecule has 1 N–H and O–H groups in total. The quantitative estimate of drug-likeness (QED) is 0.866. The molecule has 2 rings (SSSR count). The number of thiophene rings is 1. The van der Waals surface area contributed by atoms with Crippen molar-refractivity contribution in [1.29, 1.82) is 0 Å². The van der Waals surface area contributed by atoms with Gasteiger partial charge in [0.25, 0.3) is 5.91 Å². The van der Waals surface area contributed by atoms with E-state index in [1.165, 1.54) is 0 Å². The number of fused-ring (bicyclic) bond motifs is 1. The smallest absolute Gasteiger partial charge is 0.261 e. The highest BCUT2D eigenvalue weighted by Gasteiger charge is 2.09. The molecule has 0 unspecified atom stereocenters. The van der Waals surface area contributed by atoms with E-state index >= 15 is 0 Å². The second kappa shape index (κ2) is 4.66. The first kappa shape index (κ1) is 11.1. The van der Waals surface area contributed by atoms with Crippen LogP contribution < -0.4 is 5.32 Å². The van der Waals surface area contributed by atoms with Gasteiger partial charge in [-0.15, -0.1) is 11.3 Å². The van der Waals surface area contributed by atoms with Gasteiger partial charge in [0.15, 0.2) is 0 Å². The Morgan fingerprint density at radius 3 is 2.81 bits per heavy atom. The maximum absolute atomic E-state index is 11.8. The first-order valence-corrected chi connectivity index (χ1v) is 6.25. The molecule has 0 aliphatic rings. The highest BCUT2D eigenvalue weighted by Crippen LogP contribution is 2.24. The topological polar surface area (TPSA) is 29.1 Å². The van der Waals surface area contributed by atoms with Gasteiger partial charge in [0.1, 0.15) is 0 Å². The van der Waals surface area contributed by atoms with Gasteiger partial charge >= 0.3 is 0 Å². The summed E-state index contributed by atoms with van der Waals surface area (Å²) in [5.74, 6) is 0.522. The van der Waals surface area contributed by atoms with Crippen molar-refractivity contribution in [3.05, 3.63) is 35.2 Å². The molecule has 84 valence electrons. The number of amides is 1. The molecule has 0 spiro atoms. The van der Waals surface area contributed by atoms with Crippen LogP contribution in [0.1, 0.15) is 23.5 Å². The van der Waals surface area contributed by atoms with Crippen LogP contribution in [-0.2, 0) is 0 Å². The van der Waals surface area contributed by atoms with E-state index in [1.54, 1.807) is 11.3 Å². The fourth-order valence-corrected chi connectivity index (χ4v) is 2.46. The van der Waals surface area contributed by atoms with Crippen LogP contribution in [0.15, 0.2) is 30.3 Å². The Balaban J connectivity index is 2.17. The van der Waals surface area contributed by atoms with Crippen molar-refractivity contribution in [2.24, 2.45) is 5.92 Å². The zero-order valence-corrected chi connectivity index (χ0v) is 10.3. The zero-order chi connectivity index (χ0) is 11.5. The Labute approximate surface area is 99.3 Å². The van der Waals surface area contributed by atoms with Gasteiger partial charge in [-0.1, -0.05) is 32.0 Å². The van der Waals surface area contributed by atoms with E-state index < -0.39 is 0 Å². The van der Waals surface area contributed by atoms with Gasteiger partial charge < -0.3 is 5.32 Å². The maximum atomic E-state index is 11.8. The summed E-state index contributed by atoms with van der Waals surface area (Å²) in [4.78, 5) is 12.6. The van der Waals surface area contributed by atoms with E-state index in [4.69, 9.17) is 0 Å². The Hall–Kier alpha value is -1.35. The van der Waals surface area contributed by atoms with Crippen LogP contribution in [0.2, 0.25) is 0 Å². The fraction of sp³-hybridized carbons (Fsp3) is 0.308. The van der Waals surface area contributed by atoms with Crippen LogP contribution in [0.4, 0.5) is 0 Å². The lowest BCUT2D eigenvalue weighted by atomic mass is 10.2. The monoisotopic (exact) mass is 233 g/mol.